The van der Waals surface area contributed by atoms with Crippen LogP contribution < -0.4 is 5.32 Å². The number of amides is 1. The van der Waals surface area contributed by atoms with Gasteiger partial charge in [0.15, 0.2) is 0 Å². The highest BCUT2D eigenvalue weighted by Crippen LogP contribution is 2.20. The third-order valence-electron chi connectivity index (χ3n) is 2.68. The number of hydrogen-bond donors (Lipinski definition) is 1. The van der Waals surface area contributed by atoms with Crippen molar-refractivity contribution in [2.24, 2.45) is 5.92 Å². The van der Waals surface area contributed by atoms with E-state index >= 15 is 0 Å². The lowest BCUT2D eigenvalue weighted by Gasteiger charge is -2.36. The number of carbonyl (C=O) groups is 1. The average Bonchev–Trinajstić information content (AvgIpc) is 2.01. The largest absolute Gasteiger partial charge is 0.340 e. The lowest BCUT2D eigenvalue weighted by atomic mass is 10.0. The number of nitrogens with one attached hydrogen (secondary N) is 1. The van der Waals surface area contributed by atoms with Crippen molar-refractivity contribution in [1.29, 1.82) is 0 Å². The highest BCUT2D eigenvalue weighted by Gasteiger charge is 2.31. The monoisotopic (exact) mass is 200 g/mol. The summed E-state index contributed by atoms with van der Waals surface area (Å²) in [7, 11) is 0. The van der Waals surface area contributed by atoms with Gasteiger partial charge >= 0.3 is 0 Å². The quantitative estimate of drug-likeness (QED) is 0.655. The van der Waals surface area contributed by atoms with Crippen LogP contribution in [0.3, 0.4) is 0 Å². The van der Waals surface area contributed by atoms with Crippen LogP contribution in [0.2, 0.25) is 0 Å². The molecule has 2 rings (SSSR count). The third kappa shape index (κ3) is 1.99. The van der Waals surface area contributed by atoms with Crippen LogP contribution in [0.15, 0.2) is 0 Å². The molecule has 2 aliphatic heterocycles. The average molecular weight is 200 g/mol. The fourth-order valence-corrected chi connectivity index (χ4v) is 2.75. The van der Waals surface area contributed by atoms with Crippen molar-refractivity contribution in [2.75, 3.05) is 31.9 Å². The van der Waals surface area contributed by atoms with Gasteiger partial charge < -0.3 is 10.2 Å². The molecule has 1 amide bonds. The lowest BCUT2D eigenvalue weighted by Crippen LogP contribution is -2.54. The van der Waals surface area contributed by atoms with E-state index in [9.17, 15) is 4.79 Å². The highest BCUT2D eigenvalue weighted by atomic mass is 32.2. The first-order valence-electron chi connectivity index (χ1n) is 4.88. The molecular weight excluding hydrogens is 184 g/mol. The molecule has 1 unspecified atom stereocenters. The fraction of sp³-hybridized carbons (Fsp3) is 0.889. The Morgan fingerprint density at radius 2 is 2.31 bits per heavy atom. The maximum atomic E-state index is 11.8. The number of hydrogen-bond acceptors (Lipinski definition) is 3. The minimum atomic E-state index is 0.273. The number of nitrogens with zero attached hydrogens (tertiary/aromatic N) is 1. The Labute approximate surface area is 83.2 Å². The van der Waals surface area contributed by atoms with Crippen LogP contribution in [0.1, 0.15) is 6.92 Å². The van der Waals surface area contributed by atoms with Crippen molar-refractivity contribution < 1.29 is 4.79 Å². The van der Waals surface area contributed by atoms with Crippen molar-refractivity contribution in [3.05, 3.63) is 0 Å². The van der Waals surface area contributed by atoms with Crippen LogP contribution in [0.5, 0.6) is 0 Å². The fourth-order valence-electron chi connectivity index (χ4n) is 1.74. The van der Waals surface area contributed by atoms with E-state index in [-0.39, 0.29) is 5.92 Å². The van der Waals surface area contributed by atoms with E-state index in [1.165, 1.54) is 0 Å². The molecule has 13 heavy (non-hydrogen) atoms. The Kier molecular flexibility index (Phi) is 2.79. The van der Waals surface area contributed by atoms with Gasteiger partial charge in [0.1, 0.15) is 0 Å². The maximum Gasteiger partial charge on any atom is 0.228 e. The van der Waals surface area contributed by atoms with Crippen molar-refractivity contribution in [3.63, 3.8) is 0 Å². The molecule has 1 N–H and O–H groups in total. The van der Waals surface area contributed by atoms with Crippen LogP contribution in [0, 0.1) is 5.92 Å². The number of thioether (sulfide) groups is 1. The normalized spacial score (nSPS) is 29.9. The Hall–Kier alpha value is -0.220. The van der Waals surface area contributed by atoms with Crippen molar-refractivity contribution in [2.45, 2.75) is 12.2 Å². The summed E-state index contributed by atoms with van der Waals surface area (Å²) in [4.78, 5) is 13.8. The summed E-state index contributed by atoms with van der Waals surface area (Å²) in [6.45, 7) is 5.86. The number of carbonyl (C=O) groups excluding carboxylic acids is 1. The zero-order valence-electron chi connectivity index (χ0n) is 7.95. The molecule has 0 radical (unpaired) electrons. The summed E-state index contributed by atoms with van der Waals surface area (Å²) < 4.78 is 0. The maximum absolute atomic E-state index is 11.8. The molecule has 2 fully saturated rings. The second-order valence-electron chi connectivity index (χ2n) is 3.82. The number of rotatable bonds is 1. The molecule has 3 nitrogen and oxygen atoms in total. The topological polar surface area (TPSA) is 32.3 Å². The summed E-state index contributed by atoms with van der Waals surface area (Å²) in [5, 5.41) is 3.76. The predicted molar refractivity (Wildman–Crippen MR) is 54.9 cm³/mol. The molecule has 0 aromatic carbocycles. The third-order valence-corrected chi connectivity index (χ3v) is 3.82. The Balaban J connectivity index is 1.87. The molecular formula is C9H16N2OS. The van der Waals surface area contributed by atoms with Crippen molar-refractivity contribution in [3.8, 4) is 0 Å². The van der Waals surface area contributed by atoms with Gasteiger partial charge in [-0.1, -0.05) is 6.92 Å². The minimum Gasteiger partial charge on any atom is -0.340 e. The molecule has 0 aliphatic carbocycles. The Morgan fingerprint density at radius 1 is 1.54 bits per heavy atom. The second kappa shape index (κ2) is 3.88. The van der Waals surface area contributed by atoms with E-state index in [0.29, 0.717) is 11.2 Å². The van der Waals surface area contributed by atoms with Gasteiger partial charge in [0.05, 0.1) is 5.92 Å². The Bertz CT molecular complexity index is 206. The van der Waals surface area contributed by atoms with Gasteiger partial charge in [-0.05, 0) is 0 Å². The molecule has 1 atom stereocenters. The van der Waals surface area contributed by atoms with Crippen LogP contribution >= 0.6 is 11.8 Å². The SMILES string of the molecule is CC1CN(C(=O)C2CNC2)CCS1. The van der Waals surface area contributed by atoms with Gasteiger partial charge in [0.2, 0.25) is 5.91 Å². The zero-order chi connectivity index (χ0) is 9.26. The predicted octanol–water partition coefficient (Wildman–Crippen LogP) is 0.170. The van der Waals surface area contributed by atoms with Crippen molar-refractivity contribution >= 4 is 17.7 Å². The molecule has 4 heteroatoms. The standard InChI is InChI=1S/C9H16N2OS/c1-7-6-11(2-3-13-7)9(12)8-4-10-5-8/h7-8,10H,2-6H2,1H3. The molecule has 0 bridgehead atoms. The van der Waals surface area contributed by atoms with Gasteiger partial charge in [-0.2, -0.15) is 11.8 Å². The van der Waals surface area contributed by atoms with Gasteiger partial charge in [0, 0.05) is 37.2 Å². The van der Waals surface area contributed by atoms with Crippen LogP contribution in [0.4, 0.5) is 0 Å². The molecule has 2 saturated heterocycles. The van der Waals surface area contributed by atoms with E-state index in [0.717, 1.165) is 31.9 Å². The second-order valence-corrected chi connectivity index (χ2v) is 5.37. The Morgan fingerprint density at radius 3 is 2.85 bits per heavy atom. The first-order valence-corrected chi connectivity index (χ1v) is 5.93. The van der Waals surface area contributed by atoms with Gasteiger partial charge in [0.25, 0.3) is 0 Å². The molecule has 0 aromatic heterocycles. The lowest BCUT2D eigenvalue weighted by molar-refractivity contribution is -0.136. The van der Waals surface area contributed by atoms with Gasteiger partial charge in [-0.15, -0.1) is 0 Å². The zero-order valence-corrected chi connectivity index (χ0v) is 8.77. The van der Waals surface area contributed by atoms with Crippen LogP contribution in [-0.4, -0.2) is 48.0 Å². The van der Waals surface area contributed by atoms with Crippen LogP contribution in [0.25, 0.3) is 0 Å². The summed E-state index contributed by atoms with van der Waals surface area (Å²) in [5.41, 5.74) is 0. The van der Waals surface area contributed by atoms with E-state index in [2.05, 4.69) is 12.2 Å². The molecule has 0 spiro atoms. The van der Waals surface area contributed by atoms with Gasteiger partial charge in [-0.3, -0.25) is 4.79 Å². The van der Waals surface area contributed by atoms with E-state index in [1.54, 1.807) is 0 Å². The minimum absolute atomic E-state index is 0.273. The van der Waals surface area contributed by atoms with E-state index in [1.807, 2.05) is 16.7 Å². The summed E-state index contributed by atoms with van der Waals surface area (Å²) in [6, 6.07) is 0. The molecule has 74 valence electrons. The molecule has 0 saturated carbocycles. The van der Waals surface area contributed by atoms with Crippen molar-refractivity contribution in [1.82, 2.24) is 10.2 Å². The van der Waals surface area contributed by atoms with Crippen LogP contribution in [-0.2, 0) is 4.79 Å². The smallest absolute Gasteiger partial charge is 0.228 e. The first kappa shape index (κ1) is 9.34. The van der Waals surface area contributed by atoms with E-state index in [4.69, 9.17) is 0 Å². The van der Waals surface area contributed by atoms with Gasteiger partial charge in [-0.25, -0.2) is 0 Å². The molecule has 2 heterocycles. The first-order chi connectivity index (χ1) is 6.27. The highest BCUT2D eigenvalue weighted by molar-refractivity contribution is 7.99. The van der Waals surface area contributed by atoms with E-state index < -0.39 is 0 Å². The summed E-state index contributed by atoms with van der Waals surface area (Å²) in [6.07, 6.45) is 0. The summed E-state index contributed by atoms with van der Waals surface area (Å²) >= 11 is 1.97. The molecule has 0 aromatic rings. The molecule has 2 aliphatic rings. The summed E-state index contributed by atoms with van der Waals surface area (Å²) in [5.74, 6) is 1.74.